The van der Waals surface area contributed by atoms with Gasteiger partial charge in [-0.2, -0.15) is 5.10 Å². The monoisotopic (exact) mass is 427 g/mol. The van der Waals surface area contributed by atoms with Gasteiger partial charge in [-0.05, 0) is 19.1 Å². The van der Waals surface area contributed by atoms with Gasteiger partial charge in [0.2, 0.25) is 5.88 Å². The van der Waals surface area contributed by atoms with Crippen molar-refractivity contribution in [2.75, 3.05) is 19.0 Å². The highest BCUT2D eigenvalue weighted by atomic mass is 16.5. The average molecular weight is 427 g/mol. The van der Waals surface area contributed by atoms with Crippen molar-refractivity contribution < 1.29 is 28.9 Å². The largest absolute Gasteiger partial charge is 0.488 e. The third kappa shape index (κ3) is 6.00. The van der Waals surface area contributed by atoms with Crippen LogP contribution >= 0.6 is 0 Å². The van der Waals surface area contributed by atoms with Crippen LogP contribution in [0.25, 0.3) is 0 Å². The Morgan fingerprint density at radius 3 is 2.58 bits per heavy atom. The maximum atomic E-state index is 12.7. The van der Waals surface area contributed by atoms with E-state index in [1.54, 1.807) is 43.2 Å². The minimum Gasteiger partial charge on any atom is -0.488 e. The van der Waals surface area contributed by atoms with E-state index in [1.165, 1.54) is 12.3 Å². The van der Waals surface area contributed by atoms with Gasteiger partial charge in [-0.1, -0.05) is 0 Å². The number of ether oxygens (including phenoxy) is 3. The highest BCUT2D eigenvalue weighted by Gasteiger charge is 2.15. The first-order chi connectivity index (χ1) is 14.8. The zero-order chi connectivity index (χ0) is 22.4. The quantitative estimate of drug-likeness (QED) is 0.527. The molecule has 0 fully saturated rings. The van der Waals surface area contributed by atoms with Crippen LogP contribution in [0.5, 0.6) is 17.4 Å². The van der Waals surface area contributed by atoms with E-state index in [0.717, 1.165) is 6.20 Å². The van der Waals surface area contributed by atoms with Gasteiger partial charge >= 0.3 is 5.97 Å². The zero-order valence-corrected chi connectivity index (χ0v) is 17.1. The highest BCUT2D eigenvalue weighted by molar-refractivity contribution is 6.04. The number of nitrogens with one attached hydrogen (secondary N) is 1. The molecule has 11 heteroatoms. The van der Waals surface area contributed by atoms with Gasteiger partial charge in [0.25, 0.3) is 5.91 Å². The normalized spacial score (nSPS) is 11.6. The number of hydrogen-bond donors (Lipinski definition) is 2. The highest BCUT2D eigenvalue weighted by Crippen LogP contribution is 2.27. The van der Waals surface area contributed by atoms with Crippen LogP contribution in [-0.4, -0.2) is 56.6 Å². The third-order valence-corrected chi connectivity index (χ3v) is 3.91. The van der Waals surface area contributed by atoms with Crippen LogP contribution in [0.3, 0.4) is 0 Å². The van der Waals surface area contributed by atoms with Crippen molar-refractivity contribution >= 4 is 17.7 Å². The molecule has 0 spiro atoms. The van der Waals surface area contributed by atoms with Gasteiger partial charge in [0.05, 0.1) is 19.0 Å². The topological polar surface area (TPSA) is 138 Å². The van der Waals surface area contributed by atoms with E-state index in [1.807, 2.05) is 6.92 Å². The lowest BCUT2D eigenvalue weighted by atomic mass is 10.2. The molecule has 0 aliphatic heterocycles. The summed E-state index contributed by atoms with van der Waals surface area (Å²) >= 11 is 0. The van der Waals surface area contributed by atoms with E-state index in [0.29, 0.717) is 18.2 Å². The predicted octanol–water partition coefficient (Wildman–Crippen LogP) is 2.37. The molecule has 1 aromatic carbocycles. The lowest BCUT2D eigenvalue weighted by molar-refractivity contribution is 0.0689. The Kier molecular flexibility index (Phi) is 6.78. The van der Waals surface area contributed by atoms with Crippen LogP contribution in [0.2, 0.25) is 0 Å². The molecular weight excluding hydrogens is 406 g/mol. The molecule has 0 unspecified atom stereocenters. The number of carboxylic acids is 1. The van der Waals surface area contributed by atoms with Crippen molar-refractivity contribution in [2.45, 2.75) is 13.0 Å². The Labute approximate surface area is 177 Å². The Bertz CT molecular complexity index is 1070. The maximum Gasteiger partial charge on any atom is 0.356 e. The zero-order valence-electron chi connectivity index (χ0n) is 17.1. The number of rotatable bonds is 9. The SMILES string of the molecule is COC[C@H](C)Oc1cc(Oc2cnc(C(=O)O)cn2)cc(C(=O)Nc2ccn(C)n2)c1. The first-order valence-electron chi connectivity index (χ1n) is 9.19. The Morgan fingerprint density at radius 2 is 1.97 bits per heavy atom. The van der Waals surface area contributed by atoms with Crippen molar-refractivity contribution in [2.24, 2.45) is 7.05 Å². The van der Waals surface area contributed by atoms with Crippen LogP contribution in [0.4, 0.5) is 5.82 Å². The molecule has 0 bridgehead atoms. The fourth-order valence-electron chi connectivity index (χ4n) is 2.60. The second-order valence-electron chi connectivity index (χ2n) is 6.55. The van der Waals surface area contributed by atoms with E-state index in [-0.39, 0.29) is 29.0 Å². The number of amides is 1. The fourth-order valence-corrected chi connectivity index (χ4v) is 2.60. The summed E-state index contributed by atoms with van der Waals surface area (Å²) in [6.07, 6.45) is 3.68. The third-order valence-electron chi connectivity index (χ3n) is 3.91. The molecule has 0 aliphatic rings. The number of carbonyl (C=O) groups is 2. The van der Waals surface area contributed by atoms with Crippen LogP contribution in [-0.2, 0) is 11.8 Å². The van der Waals surface area contributed by atoms with Crippen LogP contribution in [0, 0.1) is 0 Å². The van der Waals surface area contributed by atoms with Gasteiger partial charge in [-0.15, -0.1) is 0 Å². The van der Waals surface area contributed by atoms with Crippen molar-refractivity contribution in [3.8, 4) is 17.4 Å². The van der Waals surface area contributed by atoms with Crippen LogP contribution in [0.1, 0.15) is 27.8 Å². The molecule has 1 atom stereocenters. The maximum absolute atomic E-state index is 12.7. The number of anilines is 1. The van der Waals surface area contributed by atoms with E-state index >= 15 is 0 Å². The van der Waals surface area contributed by atoms with Crippen molar-refractivity contribution in [1.29, 1.82) is 0 Å². The number of aromatic carboxylic acids is 1. The summed E-state index contributed by atoms with van der Waals surface area (Å²) in [6, 6.07) is 6.31. The summed E-state index contributed by atoms with van der Waals surface area (Å²) in [5, 5.41) is 15.7. The molecule has 0 aliphatic carbocycles. The molecule has 3 rings (SSSR count). The first-order valence-corrected chi connectivity index (χ1v) is 9.19. The molecule has 31 heavy (non-hydrogen) atoms. The van der Waals surface area contributed by atoms with Crippen molar-refractivity contribution in [3.05, 3.63) is 54.1 Å². The molecule has 1 amide bonds. The van der Waals surface area contributed by atoms with Gasteiger partial charge in [0.1, 0.15) is 17.6 Å². The number of methoxy groups -OCH3 is 1. The smallest absolute Gasteiger partial charge is 0.356 e. The Morgan fingerprint density at radius 1 is 1.19 bits per heavy atom. The van der Waals surface area contributed by atoms with Gasteiger partial charge in [0.15, 0.2) is 11.5 Å². The number of carbonyl (C=O) groups excluding carboxylic acids is 1. The number of aromatic nitrogens is 4. The number of hydrogen-bond acceptors (Lipinski definition) is 8. The van der Waals surface area contributed by atoms with Crippen molar-refractivity contribution in [3.63, 3.8) is 0 Å². The summed E-state index contributed by atoms with van der Waals surface area (Å²) in [5.74, 6) is -0.530. The Hall–Kier alpha value is -3.99. The molecule has 0 radical (unpaired) electrons. The molecule has 2 N–H and O–H groups in total. The minimum atomic E-state index is -1.20. The second-order valence-corrected chi connectivity index (χ2v) is 6.55. The minimum absolute atomic E-state index is 0.0585. The summed E-state index contributed by atoms with van der Waals surface area (Å²) in [7, 11) is 3.30. The van der Waals surface area contributed by atoms with Gasteiger partial charge in [-0.3, -0.25) is 9.48 Å². The van der Waals surface area contributed by atoms with Crippen LogP contribution < -0.4 is 14.8 Å². The number of benzene rings is 1. The molecule has 162 valence electrons. The summed E-state index contributed by atoms with van der Waals surface area (Å²) in [6.45, 7) is 2.17. The molecule has 11 nitrogen and oxygen atoms in total. The summed E-state index contributed by atoms with van der Waals surface area (Å²) in [5.41, 5.74) is 0.0473. The average Bonchev–Trinajstić information content (AvgIpc) is 3.13. The van der Waals surface area contributed by atoms with Crippen molar-refractivity contribution in [1.82, 2.24) is 19.7 Å². The van der Waals surface area contributed by atoms with E-state index in [2.05, 4.69) is 20.4 Å². The standard InChI is InChI=1S/C20H21N5O6/c1-12(11-29-3)30-14-6-13(19(26)23-17-4-5-25(2)24-17)7-15(8-14)31-18-10-21-16(9-22-18)20(27)28/h4-10,12H,11H2,1-3H3,(H,27,28)(H,23,24,26)/t12-/m0/s1. The van der Waals surface area contributed by atoms with E-state index in [4.69, 9.17) is 19.3 Å². The van der Waals surface area contributed by atoms with E-state index in [9.17, 15) is 9.59 Å². The molecule has 0 saturated heterocycles. The number of aryl methyl sites for hydroxylation is 1. The lowest BCUT2D eigenvalue weighted by Crippen LogP contribution is -2.18. The molecule has 0 saturated carbocycles. The molecule has 2 heterocycles. The van der Waals surface area contributed by atoms with Gasteiger partial charge in [0, 0.05) is 38.1 Å². The Balaban J connectivity index is 1.86. The first kappa shape index (κ1) is 21.7. The fraction of sp³-hybridized carbons (Fsp3) is 0.250. The molecule has 3 aromatic rings. The summed E-state index contributed by atoms with van der Waals surface area (Å²) < 4.78 is 18.1. The van der Waals surface area contributed by atoms with Gasteiger partial charge < -0.3 is 24.6 Å². The number of carboxylic acid groups (broad SMARTS) is 1. The second kappa shape index (κ2) is 9.67. The molecular formula is C20H21N5O6. The van der Waals surface area contributed by atoms with Crippen LogP contribution in [0.15, 0.2) is 42.9 Å². The predicted molar refractivity (Wildman–Crippen MR) is 109 cm³/mol. The van der Waals surface area contributed by atoms with E-state index < -0.39 is 11.9 Å². The summed E-state index contributed by atoms with van der Waals surface area (Å²) in [4.78, 5) is 31.3. The van der Waals surface area contributed by atoms with Gasteiger partial charge in [-0.25, -0.2) is 14.8 Å². The molecule has 2 aromatic heterocycles. The lowest BCUT2D eigenvalue weighted by Gasteiger charge is -2.16. The number of nitrogens with zero attached hydrogens (tertiary/aromatic N) is 4.